The lowest BCUT2D eigenvalue weighted by Crippen LogP contribution is -2.43. The highest BCUT2D eigenvalue weighted by Crippen LogP contribution is 2.40. The second-order valence-electron chi connectivity index (χ2n) is 8.14. The van der Waals surface area contributed by atoms with Crippen molar-refractivity contribution in [1.82, 2.24) is 5.32 Å². The van der Waals surface area contributed by atoms with Crippen molar-refractivity contribution >= 4 is 0 Å². The molecule has 2 aromatic rings. The minimum absolute atomic E-state index is 0.133. The van der Waals surface area contributed by atoms with Crippen LogP contribution in [0.2, 0.25) is 0 Å². The Morgan fingerprint density at radius 1 is 0.968 bits per heavy atom. The molecule has 0 radical (unpaired) electrons. The largest absolute Gasteiger partial charge is 0.416 e. The highest BCUT2D eigenvalue weighted by molar-refractivity contribution is 5.33. The summed E-state index contributed by atoms with van der Waals surface area (Å²) in [6, 6.07) is 11.6. The number of benzene rings is 2. The SMILES string of the molecule is CNC1CCCC(COCc2cc(C(F)(F)F)cc(C(F)(F)F)c2)(c2ccccc2)C1. The minimum atomic E-state index is -4.87. The molecule has 170 valence electrons. The molecule has 0 amide bonds. The predicted molar refractivity (Wildman–Crippen MR) is 106 cm³/mol. The molecule has 0 aliphatic heterocycles. The highest BCUT2D eigenvalue weighted by atomic mass is 19.4. The van der Waals surface area contributed by atoms with Crippen molar-refractivity contribution in [3.8, 4) is 0 Å². The molecule has 2 nitrogen and oxygen atoms in total. The second-order valence-corrected chi connectivity index (χ2v) is 8.14. The third kappa shape index (κ3) is 5.80. The van der Waals surface area contributed by atoms with Crippen LogP contribution < -0.4 is 5.32 Å². The number of ether oxygens (including phenoxy) is 1. The zero-order valence-corrected chi connectivity index (χ0v) is 17.1. The van der Waals surface area contributed by atoms with Crippen molar-refractivity contribution in [2.75, 3.05) is 13.7 Å². The summed E-state index contributed by atoms with van der Waals surface area (Å²) in [5, 5.41) is 3.28. The van der Waals surface area contributed by atoms with Crippen LogP contribution >= 0.6 is 0 Å². The van der Waals surface area contributed by atoms with Gasteiger partial charge in [0.05, 0.1) is 24.3 Å². The molecule has 0 saturated heterocycles. The molecule has 1 aliphatic carbocycles. The minimum Gasteiger partial charge on any atom is -0.376 e. The topological polar surface area (TPSA) is 21.3 Å². The maximum atomic E-state index is 13.1. The van der Waals surface area contributed by atoms with E-state index in [0.29, 0.717) is 0 Å². The molecule has 1 aliphatic rings. The summed E-state index contributed by atoms with van der Waals surface area (Å²) in [5.74, 6) is 0. The summed E-state index contributed by atoms with van der Waals surface area (Å²) in [6.07, 6.45) is -6.16. The first-order valence-corrected chi connectivity index (χ1v) is 10.1. The Morgan fingerprint density at radius 3 is 2.13 bits per heavy atom. The first-order chi connectivity index (χ1) is 14.5. The molecule has 0 bridgehead atoms. The molecule has 1 saturated carbocycles. The lowest BCUT2D eigenvalue weighted by molar-refractivity contribution is -0.143. The third-order valence-electron chi connectivity index (χ3n) is 5.93. The highest BCUT2D eigenvalue weighted by Gasteiger charge is 2.39. The quantitative estimate of drug-likeness (QED) is 0.524. The Morgan fingerprint density at radius 2 is 1.58 bits per heavy atom. The summed E-state index contributed by atoms with van der Waals surface area (Å²) in [7, 11) is 1.88. The maximum Gasteiger partial charge on any atom is 0.416 e. The van der Waals surface area contributed by atoms with Gasteiger partial charge in [-0.15, -0.1) is 0 Å². The molecule has 31 heavy (non-hydrogen) atoms. The van der Waals surface area contributed by atoms with Gasteiger partial charge in [0.25, 0.3) is 0 Å². The van der Waals surface area contributed by atoms with Crippen LogP contribution in [0, 0.1) is 0 Å². The van der Waals surface area contributed by atoms with Gasteiger partial charge < -0.3 is 10.1 Å². The summed E-state index contributed by atoms with van der Waals surface area (Å²) < 4.78 is 84.4. The molecule has 0 spiro atoms. The van der Waals surface area contributed by atoms with E-state index in [1.54, 1.807) is 0 Å². The number of hydrogen-bond acceptors (Lipinski definition) is 2. The van der Waals surface area contributed by atoms with E-state index in [1.807, 2.05) is 37.4 Å². The monoisotopic (exact) mass is 445 g/mol. The summed E-state index contributed by atoms with van der Waals surface area (Å²) in [4.78, 5) is 0. The van der Waals surface area contributed by atoms with Gasteiger partial charge in [0.1, 0.15) is 0 Å². The summed E-state index contributed by atoms with van der Waals surface area (Å²) >= 11 is 0. The van der Waals surface area contributed by atoms with E-state index in [4.69, 9.17) is 4.74 Å². The number of halogens is 6. The van der Waals surface area contributed by atoms with Crippen molar-refractivity contribution in [2.45, 2.75) is 56.1 Å². The van der Waals surface area contributed by atoms with Gasteiger partial charge in [-0.05, 0) is 55.6 Å². The number of rotatable bonds is 6. The van der Waals surface area contributed by atoms with Crippen LogP contribution in [0.1, 0.15) is 47.9 Å². The van der Waals surface area contributed by atoms with Crippen molar-refractivity contribution in [3.63, 3.8) is 0 Å². The van der Waals surface area contributed by atoms with E-state index < -0.39 is 23.5 Å². The van der Waals surface area contributed by atoms with E-state index in [-0.39, 0.29) is 36.3 Å². The molecule has 1 N–H and O–H groups in total. The normalized spacial score (nSPS) is 22.5. The zero-order chi connectivity index (χ0) is 22.7. The number of nitrogens with one attached hydrogen (secondary N) is 1. The summed E-state index contributed by atoms with van der Waals surface area (Å²) in [5.41, 5.74) is -2.08. The van der Waals surface area contributed by atoms with Crippen LogP contribution in [0.4, 0.5) is 26.3 Å². The Labute approximate surface area is 177 Å². The van der Waals surface area contributed by atoms with E-state index >= 15 is 0 Å². The first kappa shape index (κ1) is 23.6. The van der Waals surface area contributed by atoms with E-state index in [2.05, 4.69) is 5.32 Å². The van der Waals surface area contributed by atoms with Crippen LogP contribution in [-0.4, -0.2) is 19.7 Å². The predicted octanol–water partition coefficient (Wildman–Crippen LogP) is 6.34. The average Bonchev–Trinajstić information content (AvgIpc) is 2.73. The van der Waals surface area contributed by atoms with Crippen molar-refractivity contribution in [1.29, 1.82) is 0 Å². The second kappa shape index (κ2) is 9.20. The van der Waals surface area contributed by atoms with E-state index in [9.17, 15) is 26.3 Å². The van der Waals surface area contributed by atoms with Crippen LogP contribution in [0.5, 0.6) is 0 Å². The van der Waals surface area contributed by atoms with Gasteiger partial charge in [-0.2, -0.15) is 26.3 Å². The smallest absolute Gasteiger partial charge is 0.376 e. The third-order valence-corrected chi connectivity index (χ3v) is 5.93. The van der Waals surface area contributed by atoms with Gasteiger partial charge >= 0.3 is 12.4 Å². The zero-order valence-electron chi connectivity index (χ0n) is 17.1. The lowest BCUT2D eigenvalue weighted by Gasteiger charge is -2.41. The standard InChI is InChI=1S/C23H25F6NO/c1-30-20-8-5-9-21(13-20,17-6-3-2-4-7-17)15-31-14-16-10-18(22(24,25)26)12-19(11-16)23(27,28)29/h2-4,6-7,10-12,20,30H,5,8-9,13-15H2,1H3. The fourth-order valence-corrected chi connectivity index (χ4v) is 4.34. The van der Waals surface area contributed by atoms with E-state index in [0.717, 1.165) is 43.4 Å². The van der Waals surface area contributed by atoms with Crippen LogP contribution in [0.25, 0.3) is 0 Å². The van der Waals surface area contributed by atoms with Crippen molar-refractivity contribution < 1.29 is 31.1 Å². The molecule has 2 aromatic carbocycles. The van der Waals surface area contributed by atoms with Gasteiger partial charge in [0.15, 0.2) is 0 Å². The van der Waals surface area contributed by atoms with Gasteiger partial charge in [-0.3, -0.25) is 0 Å². The van der Waals surface area contributed by atoms with Crippen LogP contribution in [-0.2, 0) is 29.1 Å². The maximum absolute atomic E-state index is 13.1. The first-order valence-electron chi connectivity index (χ1n) is 10.1. The van der Waals surface area contributed by atoms with Gasteiger partial charge in [0.2, 0.25) is 0 Å². The molecular weight excluding hydrogens is 420 g/mol. The number of alkyl halides is 6. The molecular formula is C23H25F6NO. The van der Waals surface area contributed by atoms with Gasteiger partial charge in [-0.1, -0.05) is 36.8 Å². The molecule has 3 rings (SSSR count). The Hall–Kier alpha value is -2.06. The average molecular weight is 445 g/mol. The number of hydrogen-bond donors (Lipinski definition) is 1. The molecule has 8 heteroatoms. The van der Waals surface area contributed by atoms with Gasteiger partial charge in [-0.25, -0.2) is 0 Å². The van der Waals surface area contributed by atoms with Gasteiger partial charge in [0, 0.05) is 11.5 Å². The Bertz CT molecular complexity index is 832. The lowest BCUT2D eigenvalue weighted by atomic mass is 9.68. The Kier molecular flexibility index (Phi) is 7.01. The Balaban J connectivity index is 1.82. The molecule has 0 heterocycles. The van der Waals surface area contributed by atoms with Crippen molar-refractivity contribution in [3.05, 3.63) is 70.8 Å². The van der Waals surface area contributed by atoms with E-state index in [1.165, 1.54) is 0 Å². The van der Waals surface area contributed by atoms with Crippen LogP contribution in [0.15, 0.2) is 48.5 Å². The molecule has 1 fully saturated rings. The molecule has 2 atom stereocenters. The molecule has 2 unspecified atom stereocenters. The summed E-state index contributed by atoms with van der Waals surface area (Å²) in [6.45, 7) is -0.113. The van der Waals surface area contributed by atoms with Crippen molar-refractivity contribution in [2.24, 2.45) is 0 Å². The molecule has 0 aromatic heterocycles. The van der Waals surface area contributed by atoms with Crippen LogP contribution in [0.3, 0.4) is 0 Å². The fraction of sp³-hybridized carbons (Fsp3) is 0.478. The fourth-order valence-electron chi connectivity index (χ4n) is 4.34.